The van der Waals surface area contributed by atoms with Crippen LogP contribution in [0.15, 0.2) is 170 Å². The van der Waals surface area contributed by atoms with E-state index in [1.165, 1.54) is 144 Å². The van der Waals surface area contributed by atoms with Crippen LogP contribution in [-0.4, -0.2) is 0 Å². The first-order valence-electron chi connectivity index (χ1n) is 20.5. The molecule has 0 fully saturated rings. The Hall–Kier alpha value is -7.02. The zero-order valence-electron chi connectivity index (χ0n) is 33.2. The maximum Gasteiger partial charge on any atom is -0.000730 e. The van der Waals surface area contributed by atoms with Gasteiger partial charge in [0.25, 0.3) is 0 Å². The van der Waals surface area contributed by atoms with Crippen LogP contribution in [0.1, 0.15) is 22.3 Å². The summed E-state index contributed by atoms with van der Waals surface area (Å²) in [4.78, 5) is 0. The minimum absolute atomic E-state index is 1.29. The molecule has 0 aliphatic heterocycles. The predicted octanol–water partition coefficient (Wildman–Crippen LogP) is 16.3. The molecule has 58 heavy (non-hydrogen) atoms. The number of hydrogen-bond acceptors (Lipinski definition) is 0. The van der Waals surface area contributed by atoms with Crippen molar-refractivity contribution in [2.24, 2.45) is 0 Å². The van der Waals surface area contributed by atoms with Crippen LogP contribution < -0.4 is 0 Å². The van der Waals surface area contributed by atoms with Crippen LogP contribution in [-0.2, 0) is 0 Å². The van der Waals surface area contributed by atoms with Crippen LogP contribution in [0.4, 0.5) is 0 Å². The highest BCUT2D eigenvalue weighted by Gasteiger charge is 2.37. The van der Waals surface area contributed by atoms with E-state index in [4.69, 9.17) is 0 Å². The molecule has 0 heteroatoms. The molecule has 0 saturated carbocycles. The van der Waals surface area contributed by atoms with Crippen molar-refractivity contribution in [1.29, 1.82) is 0 Å². The summed E-state index contributed by atoms with van der Waals surface area (Å²) in [6.45, 7) is 9.06. The molecule has 2 aliphatic carbocycles. The van der Waals surface area contributed by atoms with Crippen molar-refractivity contribution in [3.05, 3.63) is 192 Å². The summed E-state index contributed by atoms with van der Waals surface area (Å²) < 4.78 is 0. The maximum absolute atomic E-state index is 2.47. The van der Waals surface area contributed by atoms with Crippen molar-refractivity contribution < 1.29 is 0 Å². The van der Waals surface area contributed by atoms with Crippen LogP contribution in [0.5, 0.6) is 0 Å². The van der Waals surface area contributed by atoms with Crippen LogP contribution in [0.2, 0.25) is 0 Å². The topological polar surface area (TPSA) is 0 Å². The molecule has 0 unspecified atom stereocenters. The summed E-state index contributed by atoms with van der Waals surface area (Å²) in [5, 5.41) is 7.94. The number of aryl methyl sites for hydroxylation is 4. The normalized spacial score (nSPS) is 12.1. The molecule has 0 aromatic heterocycles. The Labute approximate surface area is 339 Å². The van der Waals surface area contributed by atoms with Crippen molar-refractivity contribution in [3.8, 4) is 89.0 Å². The Morgan fingerprint density at radius 3 is 0.621 bits per heavy atom. The second-order valence-corrected chi connectivity index (χ2v) is 16.4. The van der Waals surface area contributed by atoms with Gasteiger partial charge in [0.05, 0.1) is 0 Å². The molecule has 0 saturated heterocycles. The van der Waals surface area contributed by atoms with Crippen LogP contribution >= 0.6 is 0 Å². The van der Waals surface area contributed by atoms with E-state index < -0.39 is 0 Å². The molecule has 272 valence electrons. The van der Waals surface area contributed by atoms with E-state index in [2.05, 4.69) is 198 Å². The van der Waals surface area contributed by atoms with Gasteiger partial charge in [-0.25, -0.2) is 0 Å². The highest BCUT2D eigenvalue weighted by molar-refractivity contribution is 6.35. The van der Waals surface area contributed by atoms with Gasteiger partial charge in [-0.15, -0.1) is 0 Å². The van der Waals surface area contributed by atoms with Crippen molar-refractivity contribution >= 4 is 32.3 Å². The van der Waals surface area contributed by atoms with E-state index in [9.17, 15) is 0 Å². The average Bonchev–Trinajstić information content (AvgIpc) is 3.76. The van der Waals surface area contributed by atoms with E-state index in [0.29, 0.717) is 0 Å². The van der Waals surface area contributed by atoms with Gasteiger partial charge in [0.2, 0.25) is 0 Å². The summed E-state index contributed by atoms with van der Waals surface area (Å²) in [6, 6.07) is 64.0. The molecule has 0 nitrogen and oxygen atoms in total. The molecular formula is C58H40. The molecule has 0 atom stereocenters. The fourth-order valence-corrected chi connectivity index (χ4v) is 10.8. The number of benzene rings is 10. The lowest BCUT2D eigenvalue weighted by atomic mass is 9.80. The first-order chi connectivity index (χ1) is 28.5. The van der Waals surface area contributed by atoms with Crippen molar-refractivity contribution in [2.75, 3.05) is 0 Å². The molecular weight excluding hydrogens is 697 g/mol. The van der Waals surface area contributed by atoms with Gasteiger partial charge in [-0.05, 0) is 171 Å². The van der Waals surface area contributed by atoms with Crippen molar-refractivity contribution in [1.82, 2.24) is 0 Å². The summed E-state index contributed by atoms with van der Waals surface area (Å²) >= 11 is 0. The van der Waals surface area contributed by atoms with E-state index in [1.54, 1.807) is 0 Å². The first-order valence-corrected chi connectivity index (χ1v) is 20.5. The van der Waals surface area contributed by atoms with Crippen molar-refractivity contribution in [3.63, 3.8) is 0 Å². The lowest BCUT2D eigenvalue weighted by Crippen LogP contribution is -1.96. The largest absolute Gasteiger partial charge is 0.0620 e. The minimum Gasteiger partial charge on any atom is -0.0620 e. The molecule has 10 aromatic rings. The molecule has 12 rings (SSSR count). The fourth-order valence-electron chi connectivity index (χ4n) is 10.8. The van der Waals surface area contributed by atoms with Gasteiger partial charge in [0.15, 0.2) is 0 Å². The van der Waals surface area contributed by atoms with Gasteiger partial charge in [0, 0.05) is 0 Å². The number of rotatable bonds is 4. The van der Waals surface area contributed by atoms with Crippen LogP contribution in [0.3, 0.4) is 0 Å². The van der Waals surface area contributed by atoms with E-state index in [1.807, 2.05) is 0 Å². The Morgan fingerprint density at radius 2 is 0.397 bits per heavy atom. The summed E-state index contributed by atoms with van der Waals surface area (Å²) in [5.41, 5.74) is 26.4. The third-order valence-corrected chi connectivity index (χ3v) is 13.3. The Bertz CT molecular complexity index is 2980. The third kappa shape index (κ3) is 4.35. The second-order valence-electron chi connectivity index (χ2n) is 16.4. The summed E-state index contributed by atoms with van der Waals surface area (Å²) in [7, 11) is 0. The van der Waals surface area contributed by atoms with Gasteiger partial charge in [-0.3, -0.25) is 0 Å². The van der Waals surface area contributed by atoms with Crippen LogP contribution in [0, 0.1) is 27.7 Å². The third-order valence-electron chi connectivity index (χ3n) is 13.3. The summed E-state index contributed by atoms with van der Waals surface area (Å²) in [5.74, 6) is 0. The van der Waals surface area contributed by atoms with Gasteiger partial charge in [0.1, 0.15) is 0 Å². The monoisotopic (exact) mass is 736 g/mol. The predicted molar refractivity (Wildman–Crippen MR) is 249 cm³/mol. The lowest BCUT2D eigenvalue weighted by Gasteiger charge is -2.23. The quantitative estimate of drug-likeness (QED) is 0.169. The molecule has 0 bridgehead atoms. The van der Waals surface area contributed by atoms with Gasteiger partial charge in [-0.1, -0.05) is 170 Å². The fraction of sp³-hybridized carbons (Fsp3) is 0.0690. The van der Waals surface area contributed by atoms with Crippen LogP contribution in [0.25, 0.3) is 121 Å². The zero-order valence-corrected chi connectivity index (χ0v) is 33.2. The molecule has 0 spiro atoms. The van der Waals surface area contributed by atoms with E-state index in [0.717, 1.165) is 0 Å². The Balaban J connectivity index is 1.29. The molecule has 0 heterocycles. The summed E-state index contributed by atoms with van der Waals surface area (Å²) in [6.07, 6.45) is 0. The Morgan fingerprint density at radius 1 is 0.190 bits per heavy atom. The molecule has 10 aromatic carbocycles. The highest BCUT2D eigenvalue weighted by Crippen LogP contribution is 2.64. The van der Waals surface area contributed by atoms with Gasteiger partial charge < -0.3 is 0 Å². The molecule has 2 aliphatic rings. The van der Waals surface area contributed by atoms with Crippen molar-refractivity contribution in [2.45, 2.75) is 27.7 Å². The van der Waals surface area contributed by atoms with E-state index >= 15 is 0 Å². The molecule has 0 radical (unpaired) electrons. The highest BCUT2D eigenvalue weighted by atomic mass is 14.4. The molecule has 0 amide bonds. The Kier molecular flexibility index (Phi) is 7.00. The first kappa shape index (κ1) is 33.2. The maximum atomic E-state index is 2.47. The minimum atomic E-state index is 1.29. The molecule has 0 N–H and O–H groups in total. The number of hydrogen-bond donors (Lipinski definition) is 0. The standard InChI is InChI=1S/C58H40/c1-33-17-5-9-21-37(33)49-41-25-13-14-26-42(41)50(38-22-10-6-18-34(38)2)56-46-31-32-48-54-47(30-29-45(53(46)54)55(49)56)57-51(39-23-11-7-19-35(39)3)43-27-15-16-28-44(43)52(58(48)57)40-24-12-8-20-36(40)4/h5-32H,1-4H3. The average molecular weight is 737 g/mol. The lowest BCUT2D eigenvalue weighted by molar-refractivity contribution is 1.46. The van der Waals surface area contributed by atoms with Gasteiger partial charge in [-0.2, -0.15) is 0 Å². The second kappa shape index (κ2) is 12.2. The van der Waals surface area contributed by atoms with E-state index in [-0.39, 0.29) is 0 Å². The smallest absolute Gasteiger partial charge is 0.000730 e. The van der Waals surface area contributed by atoms with Gasteiger partial charge >= 0.3 is 0 Å². The zero-order chi connectivity index (χ0) is 38.8. The SMILES string of the molecule is Cc1ccccc1-c1c2c(c(-c3ccccc3C)c3ccccc13)-c1ccc3c4c(ccc-2c14)-c1c-3c(-c2ccccc2C)c2ccccc2c1-c1ccccc1C. The number of fused-ring (bicyclic) bond motifs is 8.